The lowest BCUT2D eigenvalue weighted by Gasteiger charge is -2.14. The zero-order chi connectivity index (χ0) is 13.4. The zero-order valence-corrected chi connectivity index (χ0v) is 11.1. The molecule has 0 aliphatic heterocycles. The van der Waals surface area contributed by atoms with E-state index < -0.39 is 5.92 Å². The molecule has 1 amide bonds. The van der Waals surface area contributed by atoms with Crippen molar-refractivity contribution in [3.8, 4) is 0 Å². The van der Waals surface area contributed by atoms with E-state index >= 15 is 0 Å². The van der Waals surface area contributed by atoms with Gasteiger partial charge in [-0.1, -0.05) is 18.5 Å². The van der Waals surface area contributed by atoms with Crippen LogP contribution in [0.2, 0.25) is 0 Å². The van der Waals surface area contributed by atoms with Crippen LogP contribution in [-0.2, 0) is 11.2 Å². The van der Waals surface area contributed by atoms with E-state index in [9.17, 15) is 4.79 Å². The number of nitrogens with two attached hydrogens (primary N) is 1. The number of thiazole rings is 1. The van der Waals surface area contributed by atoms with E-state index in [0.29, 0.717) is 19.4 Å². The maximum atomic E-state index is 11.9. The number of rotatable bonds is 7. The van der Waals surface area contributed by atoms with Crippen molar-refractivity contribution in [3.05, 3.63) is 16.6 Å². The quantitative estimate of drug-likeness (QED) is 0.297. The molecule has 0 saturated heterocycles. The van der Waals surface area contributed by atoms with Gasteiger partial charge in [0.25, 0.3) is 0 Å². The fourth-order valence-electron chi connectivity index (χ4n) is 1.57. The van der Waals surface area contributed by atoms with Crippen molar-refractivity contribution in [3.63, 3.8) is 0 Å². The highest BCUT2D eigenvalue weighted by molar-refractivity contribution is 7.07. The molecule has 100 valence electrons. The number of hydrogen-bond donors (Lipinski definition) is 3. The second-order valence-corrected chi connectivity index (χ2v) is 4.61. The summed E-state index contributed by atoms with van der Waals surface area (Å²) in [4.78, 5) is 16.0. The maximum Gasteiger partial charge on any atom is 0.230 e. The Balaban J connectivity index is 2.41. The van der Waals surface area contributed by atoms with Crippen molar-refractivity contribution in [1.82, 2.24) is 10.3 Å². The number of hydrogen-bond acceptors (Lipinski definition) is 5. The van der Waals surface area contributed by atoms with Crippen molar-refractivity contribution in [2.45, 2.75) is 26.2 Å². The summed E-state index contributed by atoms with van der Waals surface area (Å²) in [5.41, 5.74) is 8.21. The topological polar surface area (TPSA) is 101 Å². The molecule has 18 heavy (non-hydrogen) atoms. The van der Waals surface area contributed by atoms with Gasteiger partial charge in [-0.25, -0.2) is 4.98 Å². The normalized spacial score (nSPS) is 13.3. The third-order valence-electron chi connectivity index (χ3n) is 2.53. The molecule has 1 rings (SSSR count). The van der Waals surface area contributed by atoms with Crippen LogP contribution in [0.1, 0.15) is 25.5 Å². The molecule has 7 heteroatoms. The summed E-state index contributed by atoms with van der Waals surface area (Å²) < 4.78 is 0. The van der Waals surface area contributed by atoms with Crippen LogP contribution < -0.4 is 11.1 Å². The Bertz CT molecular complexity index is 392. The summed E-state index contributed by atoms with van der Waals surface area (Å²) >= 11 is 1.53. The molecular formula is C11H18N4O2S. The van der Waals surface area contributed by atoms with Crippen LogP contribution in [0.5, 0.6) is 0 Å². The van der Waals surface area contributed by atoms with E-state index in [1.54, 1.807) is 5.51 Å². The van der Waals surface area contributed by atoms with E-state index in [-0.39, 0.29) is 11.7 Å². The minimum absolute atomic E-state index is 0.0389. The molecule has 4 N–H and O–H groups in total. The maximum absolute atomic E-state index is 11.9. The van der Waals surface area contributed by atoms with E-state index in [2.05, 4.69) is 15.5 Å². The monoisotopic (exact) mass is 270 g/mol. The molecule has 0 aliphatic rings. The van der Waals surface area contributed by atoms with Crippen LogP contribution in [0.4, 0.5) is 0 Å². The summed E-state index contributed by atoms with van der Waals surface area (Å²) in [7, 11) is 0. The van der Waals surface area contributed by atoms with Crippen molar-refractivity contribution in [2.24, 2.45) is 16.8 Å². The average Bonchev–Trinajstić information content (AvgIpc) is 2.88. The molecule has 6 nitrogen and oxygen atoms in total. The Hall–Kier alpha value is -1.63. The first kappa shape index (κ1) is 14.4. The standard InChI is InChI=1S/C11H18N4O2S/c1-2-3-9(10(12)15-17)11(16)13-5-4-8-6-18-7-14-8/h6-7,9,17H,2-5H2,1H3,(H2,12,15)(H,13,16). The van der Waals surface area contributed by atoms with Gasteiger partial charge >= 0.3 is 0 Å². The highest BCUT2D eigenvalue weighted by atomic mass is 32.1. The SMILES string of the molecule is CCCC(C(=O)NCCc1cscn1)C(N)=NO. The smallest absolute Gasteiger partial charge is 0.230 e. The fraction of sp³-hybridized carbons (Fsp3) is 0.545. The molecule has 0 fully saturated rings. The number of nitrogens with zero attached hydrogens (tertiary/aromatic N) is 2. The van der Waals surface area contributed by atoms with Crippen LogP contribution in [-0.4, -0.2) is 28.5 Å². The van der Waals surface area contributed by atoms with Gasteiger partial charge < -0.3 is 16.3 Å². The van der Waals surface area contributed by atoms with Crippen LogP contribution in [0.15, 0.2) is 16.0 Å². The molecule has 0 aromatic carbocycles. The molecule has 1 heterocycles. The van der Waals surface area contributed by atoms with E-state index in [1.165, 1.54) is 11.3 Å². The predicted octanol–water partition coefficient (Wildman–Crippen LogP) is 0.964. The Morgan fingerprint density at radius 1 is 1.72 bits per heavy atom. The first-order valence-corrected chi connectivity index (χ1v) is 6.75. The third kappa shape index (κ3) is 4.33. The first-order valence-electron chi connectivity index (χ1n) is 5.81. The van der Waals surface area contributed by atoms with Gasteiger partial charge in [-0.05, 0) is 6.42 Å². The van der Waals surface area contributed by atoms with Crippen molar-refractivity contribution in [1.29, 1.82) is 0 Å². The number of amidine groups is 1. The van der Waals surface area contributed by atoms with Gasteiger partial charge in [-0.15, -0.1) is 11.3 Å². The molecule has 1 aromatic rings. The molecular weight excluding hydrogens is 252 g/mol. The summed E-state index contributed by atoms with van der Waals surface area (Å²) in [6.07, 6.45) is 2.04. The lowest BCUT2D eigenvalue weighted by Crippen LogP contribution is -2.39. The van der Waals surface area contributed by atoms with Gasteiger partial charge in [-0.3, -0.25) is 4.79 Å². The molecule has 0 spiro atoms. The second kappa shape index (κ2) is 7.65. The van der Waals surface area contributed by atoms with Gasteiger partial charge in [0.1, 0.15) is 0 Å². The highest BCUT2D eigenvalue weighted by Gasteiger charge is 2.21. The lowest BCUT2D eigenvalue weighted by atomic mass is 10.0. The largest absolute Gasteiger partial charge is 0.409 e. The number of amides is 1. The first-order chi connectivity index (χ1) is 8.69. The summed E-state index contributed by atoms with van der Waals surface area (Å²) in [5.74, 6) is -0.805. The van der Waals surface area contributed by atoms with E-state index in [4.69, 9.17) is 10.9 Å². The van der Waals surface area contributed by atoms with Crippen LogP contribution >= 0.6 is 11.3 Å². The van der Waals surface area contributed by atoms with E-state index in [0.717, 1.165) is 12.1 Å². The molecule has 0 saturated carbocycles. The number of aromatic nitrogens is 1. The van der Waals surface area contributed by atoms with Gasteiger partial charge in [0.05, 0.1) is 17.1 Å². The Kier molecular flexibility index (Phi) is 6.13. The minimum Gasteiger partial charge on any atom is -0.409 e. The molecule has 0 aliphatic carbocycles. The Morgan fingerprint density at radius 3 is 3.06 bits per heavy atom. The van der Waals surface area contributed by atoms with Crippen LogP contribution in [0, 0.1) is 5.92 Å². The fourth-order valence-corrected chi connectivity index (χ4v) is 2.16. The zero-order valence-electron chi connectivity index (χ0n) is 10.3. The highest BCUT2D eigenvalue weighted by Crippen LogP contribution is 2.07. The predicted molar refractivity (Wildman–Crippen MR) is 70.6 cm³/mol. The number of nitrogens with one attached hydrogen (secondary N) is 1. The minimum atomic E-state index is -0.560. The second-order valence-electron chi connectivity index (χ2n) is 3.89. The van der Waals surface area contributed by atoms with Gasteiger partial charge in [0, 0.05) is 18.3 Å². The van der Waals surface area contributed by atoms with Gasteiger partial charge in [0.2, 0.25) is 5.91 Å². The Morgan fingerprint density at radius 2 is 2.50 bits per heavy atom. The molecule has 0 bridgehead atoms. The number of oxime groups is 1. The lowest BCUT2D eigenvalue weighted by molar-refractivity contribution is -0.123. The van der Waals surface area contributed by atoms with Gasteiger partial charge in [-0.2, -0.15) is 0 Å². The van der Waals surface area contributed by atoms with Crippen LogP contribution in [0.25, 0.3) is 0 Å². The summed E-state index contributed by atoms with van der Waals surface area (Å²) in [6, 6.07) is 0. The third-order valence-corrected chi connectivity index (χ3v) is 3.17. The molecule has 0 radical (unpaired) electrons. The Labute approximate surface area is 110 Å². The van der Waals surface area contributed by atoms with E-state index in [1.807, 2.05) is 12.3 Å². The molecule has 1 unspecified atom stereocenters. The van der Waals surface area contributed by atoms with Crippen molar-refractivity contribution >= 4 is 23.1 Å². The average molecular weight is 270 g/mol. The number of carbonyl (C=O) groups is 1. The molecule has 1 aromatic heterocycles. The molecule has 1 atom stereocenters. The summed E-state index contributed by atoms with van der Waals surface area (Å²) in [6.45, 7) is 2.45. The summed E-state index contributed by atoms with van der Waals surface area (Å²) in [5, 5.41) is 16.3. The van der Waals surface area contributed by atoms with Crippen molar-refractivity contribution in [2.75, 3.05) is 6.54 Å². The number of carbonyl (C=O) groups excluding carboxylic acids is 1. The van der Waals surface area contributed by atoms with Crippen LogP contribution in [0.3, 0.4) is 0 Å². The van der Waals surface area contributed by atoms with Crippen molar-refractivity contribution < 1.29 is 10.0 Å². The van der Waals surface area contributed by atoms with Gasteiger partial charge in [0.15, 0.2) is 5.84 Å².